The molecule has 7 heteroatoms. The van der Waals surface area contributed by atoms with Gasteiger partial charge in [0.15, 0.2) is 0 Å². The van der Waals surface area contributed by atoms with Crippen molar-refractivity contribution in [3.8, 4) is 0 Å². The van der Waals surface area contributed by atoms with Gasteiger partial charge in [-0.15, -0.1) is 0 Å². The molecule has 0 radical (unpaired) electrons. The van der Waals surface area contributed by atoms with Gasteiger partial charge in [-0.25, -0.2) is 14.6 Å². The summed E-state index contributed by atoms with van der Waals surface area (Å²) >= 11 is 0. The molecule has 0 fully saturated rings. The van der Waals surface area contributed by atoms with Gasteiger partial charge in [-0.05, 0) is 24.3 Å². The summed E-state index contributed by atoms with van der Waals surface area (Å²) in [4.78, 5) is 28.4. The summed E-state index contributed by atoms with van der Waals surface area (Å²) in [5.41, 5.74) is 2.11. The van der Waals surface area contributed by atoms with Crippen molar-refractivity contribution < 1.29 is 19.8 Å². The highest BCUT2D eigenvalue weighted by Crippen LogP contribution is 2.14. The molecule has 0 aliphatic carbocycles. The number of amides is 1. The quantitative estimate of drug-likeness (QED) is 0.667. The number of aliphatic carboxylic acids is 1. The van der Waals surface area contributed by atoms with Crippen LogP contribution in [0.5, 0.6) is 0 Å². The van der Waals surface area contributed by atoms with Crippen LogP contribution in [0.25, 0.3) is 0 Å². The van der Waals surface area contributed by atoms with Gasteiger partial charge < -0.3 is 14.8 Å². The average Bonchev–Trinajstić information content (AvgIpc) is 3.06. The lowest BCUT2D eigenvalue weighted by molar-refractivity contribution is -0.143. The summed E-state index contributed by atoms with van der Waals surface area (Å²) < 4.78 is 1.99. The van der Waals surface area contributed by atoms with Crippen LogP contribution in [0.4, 0.5) is 4.79 Å². The predicted molar refractivity (Wildman–Crippen MR) is 102 cm³/mol. The fourth-order valence-corrected chi connectivity index (χ4v) is 3.08. The van der Waals surface area contributed by atoms with E-state index in [1.165, 1.54) is 5.56 Å². The van der Waals surface area contributed by atoms with Gasteiger partial charge in [-0.2, -0.15) is 0 Å². The van der Waals surface area contributed by atoms with Crippen molar-refractivity contribution in [3.05, 3.63) is 54.1 Å². The lowest BCUT2D eigenvalue weighted by Crippen LogP contribution is -2.46. The SMILES string of the molecule is CC(C)CC(C(=O)O)N(CCc1cncn1CCc1ccccc1)C(=O)O. The summed E-state index contributed by atoms with van der Waals surface area (Å²) in [6.45, 7) is 4.63. The van der Waals surface area contributed by atoms with E-state index in [0.717, 1.165) is 23.6 Å². The van der Waals surface area contributed by atoms with Gasteiger partial charge in [0.25, 0.3) is 0 Å². The summed E-state index contributed by atoms with van der Waals surface area (Å²) in [6, 6.07) is 9.05. The second-order valence-corrected chi connectivity index (χ2v) is 7.02. The topological polar surface area (TPSA) is 95.7 Å². The number of aryl methyl sites for hydroxylation is 2. The molecule has 1 heterocycles. The van der Waals surface area contributed by atoms with E-state index in [9.17, 15) is 19.8 Å². The predicted octanol–water partition coefficient (Wildman–Crippen LogP) is 3.15. The first-order chi connectivity index (χ1) is 12.9. The van der Waals surface area contributed by atoms with Crippen LogP contribution < -0.4 is 0 Å². The Kier molecular flexibility index (Phi) is 7.40. The Morgan fingerprint density at radius 1 is 1.15 bits per heavy atom. The van der Waals surface area contributed by atoms with Crippen molar-refractivity contribution in [3.63, 3.8) is 0 Å². The standard InChI is InChI=1S/C20H27N3O4/c1-15(2)12-18(19(24)25)23(20(26)27)11-9-17-13-21-14-22(17)10-8-16-6-4-3-5-7-16/h3-7,13-15,18H,8-12H2,1-2H3,(H,24,25)(H,26,27). The molecular formula is C20H27N3O4. The van der Waals surface area contributed by atoms with E-state index >= 15 is 0 Å². The minimum atomic E-state index is -1.21. The average molecular weight is 373 g/mol. The molecule has 1 unspecified atom stereocenters. The molecule has 0 saturated carbocycles. The zero-order valence-corrected chi connectivity index (χ0v) is 15.8. The minimum Gasteiger partial charge on any atom is -0.480 e. The molecule has 146 valence electrons. The molecule has 0 aliphatic rings. The van der Waals surface area contributed by atoms with E-state index in [1.807, 2.05) is 36.6 Å². The number of benzene rings is 1. The first-order valence-electron chi connectivity index (χ1n) is 9.13. The molecule has 1 aromatic carbocycles. The van der Waals surface area contributed by atoms with Crippen LogP contribution in [0.1, 0.15) is 31.5 Å². The third-order valence-corrected chi connectivity index (χ3v) is 4.49. The van der Waals surface area contributed by atoms with Gasteiger partial charge in [0.1, 0.15) is 6.04 Å². The molecule has 2 rings (SSSR count). The fourth-order valence-electron chi connectivity index (χ4n) is 3.08. The summed E-state index contributed by atoms with van der Waals surface area (Å²) in [7, 11) is 0. The van der Waals surface area contributed by atoms with Crippen molar-refractivity contribution in [1.29, 1.82) is 0 Å². The van der Waals surface area contributed by atoms with Crippen molar-refractivity contribution in [1.82, 2.24) is 14.5 Å². The number of hydrogen-bond acceptors (Lipinski definition) is 3. The van der Waals surface area contributed by atoms with Crippen molar-refractivity contribution in [2.45, 2.75) is 45.7 Å². The normalized spacial score (nSPS) is 12.1. The van der Waals surface area contributed by atoms with E-state index in [2.05, 4.69) is 17.1 Å². The maximum atomic E-state index is 11.6. The van der Waals surface area contributed by atoms with Crippen molar-refractivity contribution in [2.75, 3.05) is 6.54 Å². The smallest absolute Gasteiger partial charge is 0.408 e. The monoisotopic (exact) mass is 373 g/mol. The highest BCUT2D eigenvalue weighted by Gasteiger charge is 2.30. The van der Waals surface area contributed by atoms with E-state index in [4.69, 9.17) is 0 Å². The van der Waals surface area contributed by atoms with Gasteiger partial charge in [0.2, 0.25) is 0 Å². The summed E-state index contributed by atoms with van der Waals surface area (Å²) in [6.07, 6.45) is 3.78. The van der Waals surface area contributed by atoms with Crippen LogP contribution in [-0.4, -0.2) is 49.3 Å². The molecule has 1 atom stereocenters. The molecule has 27 heavy (non-hydrogen) atoms. The number of nitrogens with zero attached hydrogens (tertiary/aromatic N) is 3. The summed E-state index contributed by atoms with van der Waals surface area (Å²) in [5.74, 6) is -1.02. The molecule has 1 aromatic heterocycles. The first kappa shape index (κ1) is 20.5. The number of aromatic nitrogens is 2. The van der Waals surface area contributed by atoms with Crippen molar-refractivity contribution >= 4 is 12.1 Å². The lowest BCUT2D eigenvalue weighted by atomic mass is 10.0. The number of carboxylic acids is 1. The molecule has 0 spiro atoms. The molecule has 0 aliphatic heterocycles. The molecule has 2 aromatic rings. The maximum Gasteiger partial charge on any atom is 0.408 e. The molecule has 1 amide bonds. The Morgan fingerprint density at radius 2 is 1.85 bits per heavy atom. The van der Waals surface area contributed by atoms with Gasteiger partial charge >= 0.3 is 12.1 Å². The van der Waals surface area contributed by atoms with Crippen LogP contribution in [0.15, 0.2) is 42.9 Å². The van der Waals surface area contributed by atoms with Crippen LogP contribution >= 0.6 is 0 Å². The minimum absolute atomic E-state index is 0.0874. The lowest BCUT2D eigenvalue weighted by Gasteiger charge is -2.27. The molecule has 2 N–H and O–H groups in total. The number of rotatable bonds is 10. The Bertz CT molecular complexity index is 743. The Hall–Kier alpha value is -2.83. The number of imidazole rings is 1. The van der Waals surface area contributed by atoms with Crippen LogP contribution in [0, 0.1) is 5.92 Å². The number of carboxylic acid groups (broad SMARTS) is 2. The van der Waals surface area contributed by atoms with Gasteiger partial charge in [0.05, 0.1) is 6.33 Å². The first-order valence-corrected chi connectivity index (χ1v) is 9.13. The molecule has 7 nitrogen and oxygen atoms in total. The third kappa shape index (κ3) is 6.13. The molecule has 0 saturated heterocycles. The number of carbonyl (C=O) groups is 2. The van der Waals surface area contributed by atoms with E-state index in [1.54, 1.807) is 12.5 Å². The maximum absolute atomic E-state index is 11.6. The highest BCUT2D eigenvalue weighted by atomic mass is 16.4. The van der Waals surface area contributed by atoms with Crippen LogP contribution in [0.3, 0.4) is 0 Å². The Morgan fingerprint density at radius 3 is 2.44 bits per heavy atom. The second-order valence-electron chi connectivity index (χ2n) is 7.02. The van der Waals surface area contributed by atoms with Crippen LogP contribution in [0.2, 0.25) is 0 Å². The van der Waals surface area contributed by atoms with Crippen molar-refractivity contribution in [2.24, 2.45) is 5.92 Å². The van der Waals surface area contributed by atoms with E-state index in [-0.39, 0.29) is 18.9 Å². The fraction of sp³-hybridized carbons (Fsp3) is 0.450. The van der Waals surface area contributed by atoms with Gasteiger partial charge in [-0.3, -0.25) is 4.90 Å². The Balaban J connectivity index is 2.02. The molecular weight excluding hydrogens is 346 g/mol. The Labute approximate surface area is 159 Å². The number of hydrogen-bond donors (Lipinski definition) is 2. The largest absolute Gasteiger partial charge is 0.480 e. The van der Waals surface area contributed by atoms with E-state index < -0.39 is 18.1 Å². The second kappa shape index (κ2) is 9.75. The van der Waals surface area contributed by atoms with E-state index in [0.29, 0.717) is 6.42 Å². The zero-order chi connectivity index (χ0) is 19.8. The van der Waals surface area contributed by atoms with Crippen LogP contribution in [-0.2, 0) is 24.2 Å². The van der Waals surface area contributed by atoms with Gasteiger partial charge in [-0.1, -0.05) is 44.2 Å². The molecule has 0 bridgehead atoms. The van der Waals surface area contributed by atoms with Gasteiger partial charge in [0, 0.05) is 31.4 Å². The summed E-state index contributed by atoms with van der Waals surface area (Å²) in [5, 5.41) is 18.9. The highest BCUT2D eigenvalue weighted by molar-refractivity contribution is 5.79. The third-order valence-electron chi connectivity index (χ3n) is 4.49. The zero-order valence-electron chi connectivity index (χ0n) is 15.8.